The fourth-order valence-corrected chi connectivity index (χ4v) is 1.35. The van der Waals surface area contributed by atoms with Gasteiger partial charge in [-0.1, -0.05) is 37.3 Å². The summed E-state index contributed by atoms with van der Waals surface area (Å²) in [5.74, 6) is -1.06. The monoisotopic (exact) mass is 262 g/mol. The Morgan fingerprint density at radius 2 is 1.58 bits per heavy atom. The molecule has 0 saturated carbocycles. The molecule has 4 nitrogen and oxygen atoms in total. The van der Waals surface area contributed by atoms with Crippen LogP contribution < -0.4 is 0 Å². The molecule has 0 amide bonds. The number of carbonyl (C=O) groups excluding carboxylic acids is 2. The molecule has 0 aliphatic carbocycles. The Balaban J connectivity index is 2.21. The highest BCUT2D eigenvalue weighted by atomic mass is 16.5. The average Bonchev–Trinajstić information content (AvgIpc) is 2.44. The number of hydrogen-bond donors (Lipinski definition) is 0. The summed E-state index contributed by atoms with van der Waals surface area (Å²) < 4.78 is 9.75. The minimum absolute atomic E-state index is 0.289. The van der Waals surface area contributed by atoms with Crippen LogP contribution in [-0.4, -0.2) is 25.2 Å². The van der Waals surface area contributed by atoms with Crippen LogP contribution in [0.15, 0.2) is 42.5 Å². The van der Waals surface area contributed by atoms with Crippen LogP contribution >= 0.6 is 0 Å². The van der Waals surface area contributed by atoms with Gasteiger partial charge in [0.2, 0.25) is 0 Å². The standard InChI is InChI=1S/C15H18O4/c1-2-11-18-14(16)8-9-15(17)19-12-10-13-6-4-3-5-7-13/h3-9H,2,10-12H2,1H3/b9-8+. The highest BCUT2D eigenvalue weighted by Gasteiger charge is 2.00. The van der Waals surface area contributed by atoms with Gasteiger partial charge in [-0.25, -0.2) is 9.59 Å². The summed E-state index contributed by atoms with van der Waals surface area (Å²) in [6.45, 7) is 2.54. The molecule has 0 unspecified atom stereocenters. The summed E-state index contributed by atoms with van der Waals surface area (Å²) in [6, 6.07) is 9.72. The topological polar surface area (TPSA) is 52.6 Å². The zero-order chi connectivity index (χ0) is 13.9. The highest BCUT2D eigenvalue weighted by molar-refractivity contribution is 5.91. The fourth-order valence-electron chi connectivity index (χ4n) is 1.35. The summed E-state index contributed by atoms with van der Waals surface area (Å²) >= 11 is 0. The predicted octanol–water partition coefficient (Wildman–Crippen LogP) is 2.28. The molecule has 0 fully saturated rings. The Labute approximate surface area is 113 Å². The van der Waals surface area contributed by atoms with E-state index in [1.807, 2.05) is 37.3 Å². The summed E-state index contributed by atoms with van der Waals surface area (Å²) in [6.07, 6.45) is 3.57. The third-order valence-electron chi connectivity index (χ3n) is 2.28. The van der Waals surface area contributed by atoms with E-state index >= 15 is 0 Å². The second kappa shape index (κ2) is 8.91. The van der Waals surface area contributed by atoms with Crippen LogP contribution in [0.5, 0.6) is 0 Å². The van der Waals surface area contributed by atoms with Crippen molar-refractivity contribution in [2.24, 2.45) is 0 Å². The highest BCUT2D eigenvalue weighted by Crippen LogP contribution is 1.99. The first-order chi connectivity index (χ1) is 9.22. The van der Waals surface area contributed by atoms with E-state index in [9.17, 15) is 9.59 Å². The van der Waals surface area contributed by atoms with Crippen molar-refractivity contribution in [1.29, 1.82) is 0 Å². The van der Waals surface area contributed by atoms with Crippen LogP contribution in [0.1, 0.15) is 18.9 Å². The molecule has 1 aromatic rings. The van der Waals surface area contributed by atoms with Gasteiger partial charge in [-0.05, 0) is 12.0 Å². The van der Waals surface area contributed by atoms with E-state index in [4.69, 9.17) is 9.47 Å². The lowest BCUT2D eigenvalue weighted by Gasteiger charge is -2.02. The number of carbonyl (C=O) groups is 2. The van der Waals surface area contributed by atoms with Crippen LogP contribution in [0.3, 0.4) is 0 Å². The largest absolute Gasteiger partial charge is 0.463 e. The molecule has 19 heavy (non-hydrogen) atoms. The SMILES string of the molecule is CCCOC(=O)/C=C/C(=O)OCCc1ccccc1. The van der Waals surface area contributed by atoms with Gasteiger partial charge in [-0.2, -0.15) is 0 Å². The molecule has 0 spiro atoms. The maximum absolute atomic E-state index is 11.3. The second-order valence-electron chi connectivity index (χ2n) is 3.90. The van der Waals surface area contributed by atoms with Crippen LogP contribution in [0.2, 0.25) is 0 Å². The molecule has 0 atom stereocenters. The van der Waals surface area contributed by atoms with Gasteiger partial charge in [-0.3, -0.25) is 0 Å². The molecule has 0 aliphatic rings. The van der Waals surface area contributed by atoms with Gasteiger partial charge in [0.25, 0.3) is 0 Å². The fraction of sp³-hybridized carbons (Fsp3) is 0.333. The van der Waals surface area contributed by atoms with E-state index in [2.05, 4.69) is 0 Å². The van der Waals surface area contributed by atoms with Gasteiger partial charge in [0.1, 0.15) is 0 Å². The van der Waals surface area contributed by atoms with E-state index in [0.717, 1.165) is 24.1 Å². The van der Waals surface area contributed by atoms with Gasteiger partial charge in [0.15, 0.2) is 0 Å². The van der Waals surface area contributed by atoms with Crippen LogP contribution in [0, 0.1) is 0 Å². The Morgan fingerprint density at radius 1 is 1.00 bits per heavy atom. The molecule has 0 heterocycles. The first-order valence-electron chi connectivity index (χ1n) is 6.28. The number of benzene rings is 1. The first kappa shape index (κ1) is 15.0. The van der Waals surface area contributed by atoms with Crippen molar-refractivity contribution in [2.45, 2.75) is 19.8 Å². The Kier molecular flexibility index (Phi) is 7.02. The summed E-state index contributed by atoms with van der Waals surface area (Å²) in [5, 5.41) is 0. The van der Waals surface area contributed by atoms with Crippen molar-refractivity contribution < 1.29 is 19.1 Å². The Bertz CT molecular complexity index is 423. The second-order valence-corrected chi connectivity index (χ2v) is 3.90. The van der Waals surface area contributed by atoms with Crippen molar-refractivity contribution >= 4 is 11.9 Å². The number of esters is 2. The molecule has 1 rings (SSSR count). The van der Waals surface area contributed by atoms with Gasteiger partial charge in [0, 0.05) is 18.6 Å². The maximum atomic E-state index is 11.3. The number of ether oxygens (including phenoxy) is 2. The van der Waals surface area contributed by atoms with Crippen molar-refractivity contribution in [3.63, 3.8) is 0 Å². The lowest BCUT2D eigenvalue weighted by Crippen LogP contribution is -2.07. The summed E-state index contributed by atoms with van der Waals surface area (Å²) in [4.78, 5) is 22.4. The molecule has 0 bridgehead atoms. The lowest BCUT2D eigenvalue weighted by molar-refractivity contribution is -0.140. The molecule has 0 saturated heterocycles. The van der Waals surface area contributed by atoms with E-state index in [0.29, 0.717) is 13.0 Å². The molecule has 0 aliphatic heterocycles. The lowest BCUT2D eigenvalue weighted by atomic mass is 10.2. The molecule has 102 valence electrons. The number of hydrogen-bond acceptors (Lipinski definition) is 4. The minimum Gasteiger partial charge on any atom is -0.463 e. The van der Waals surface area contributed by atoms with Crippen LogP contribution in [-0.2, 0) is 25.5 Å². The molecule has 4 heteroatoms. The van der Waals surface area contributed by atoms with Gasteiger partial charge in [-0.15, -0.1) is 0 Å². The molecular formula is C15H18O4. The maximum Gasteiger partial charge on any atom is 0.331 e. The van der Waals surface area contributed by atoms with E-state index < -0.39 is 11.9 Å². The molecule has 0 aromatic heterocycles. The molecule has 1 aromatic carbocycles. The first-order valence-corrected chi connectivity index (χ1v) is 6.28. The average molecular weight is 262 g/mol. The zero-order valence-electron chi connectivity index (χ0n) is 11.0. The molecular weight excluding hydrogens is 244 g/mol. The zero-order valence-corrected chi connectivity index (χ0v) is 11.0. The normalized spacial score (nSPS) is 10.4. The van der Waals surface area contributed by atoms with Crippen LogP contribution in [0.4, 0.5) is 0 Å². The number of rotatable bonds is 7. The van der Waals surface area contributed by atoms with Crippen molar-refractivity contribution in [1.82, 2.24) is 0 Å². The predicted molar refractivity (Wildman–Crippen MR) is 71.5 cm³/mol. The molecule has 0 N–H and O–H groups in total. The quantitative estimate of drug-likeness (QED) is 0.559. The van der Waals surface area contributed by atoms with Crippen molar-refractivity contribution in [3.05, 3.63) is 48.0 Å². The van der Waals surface area contributed by atoms with Crippen molar-refractivity contribution in [2.75, 3.05) is 13.2 Å². The van der Waals surface area contributed by atoms with Gasteiger partial charge < -0.3 is 9.47 Å². The summed E-state index contributed by atoms with van der Waals surface area (Å²) in [5.41, 5.74) is 1.10. The smallest absolute Gasteiger partial charge is 0.331 e. The third kappa shape index (κ3) is 7.03. The van der Waals surface area contributed by atoms with E-state index in [1.165, 1.54) is 0 Å². The minimum atomic E-state index is -0.538. The van der Waals surface area contributed by atoms with E-state index in [1.54, 1.807) is 0 Å². The van der Waals surface area contributed by atoms with Gasteiger partial charge >= 0.3 is 11.9 Å². The van der Waals surface area contributed by atoms with Gasteiger partial charge in [0.05, 0.1) is 13.2 Å². The third-order valence-corrected chi connectivity index (χ3v) is 2.28. The van der Waals surface area contributed by atoms with E-state index in [-0.39, 0.29) is 6.61 Å². The summed E-state index contributed by atoms with van der Waals surface area (Å²) in [7, 11) is 0. The van der Waals surface area contributed by atoms with Crippen molar-refractivity contribution in [3.8, 4) is 0 Å². The van der Waals surface area contributed by atoms with Crippen LogP contribution in [0.25, 0.3) is 0 Å². The molecule has 0 radical (unpaired) electrons. The Hall–Kier alpha value is -2.10. The Morgan fingerprint density at radius 3 is 2.16 bits per heavy atom.